The van der Waals surface area contributed by atoms with Crippen LogP contribution in [-0.4, -0.2) is 42.6 Å². The minimum atomic E-state index is -0.0204. The number of hydrogen-bond acceptors (Lipinski definition) is 4. The molecule has 1 unspecified atom stereocenters. The van der Waals surface area contributed by atoms with E-state index in [2.05, 4.69) is 20.1 Å². The van der Waals surface area contributed by atoms with Gasteiger partial charge in [0.2, 0.25) is 5.91 Å². The molecule has 1 atom stereocenters. The number of para-hydroxylation sites is 2. The number of carbonyl (C=O) groups is 1. The zero-order valence-corrected chi connectivity index (χ0v) is 15.9. The van der Waals surface area contributed by atoms with Crippen LogP contribution in [0, 0.1) is 0 Å². The molecule has 0 fully saturated rings. The van der Waals surface area contributed by atoms with E-state index in [9.17, 15) is 4.79 Å². The molecule has 0 bridgehead atoms. The van der Waals surface area contributed by atoms with Gasteiger partial charge in [-0.05, 0) is 36.8 Å². The maximum absolute atomic E-state index is 12.7. The summed E-state index contributed by atoms with van der Waals surface area (Å²) in [5.41, 5.74) is 3.94. The molecule has 1 amide bonds. The number of rotatable bonds is 6. The Morgan fingerprint density at radius 1 is 1.18 bits per heavy atom. The molecule has 2 aromatic heterocycles. The smallest absolute Gasteiger partial charge is 0.223 e. The molecule has 2 heterocycles. The number of imidazole rings is 1. The summed E-state index contributed by atoms with van der Waals surface area (Å²) < 4.78 is 1.71. The fraction of sp³-hybridized carbons (Fsp3) is 0.238. The first-order valence-corrected chi connectivity index (χ1v) is 9.26. The fourth-order valence-corrected chi connectivity index (χ4v) is 3.21. The Morgan fingerprint density at radius 3 is 2.68 bits per heavy atom. The molecule has 0 radical (unpaired) electrons. The van der Waals surface area contributed by atoms with E-state index >= 15 is 0 Å². The summed E-state index contributed by atoms with van der Waals surface area (Å²) in [4.78, 5) is 26.2. The maximum Gasteiger partial charge on any atom is 0.223 e. The van der Waals surface area contributed by atoms with Gasteiger partial charge in [-0.25, -0.2) is 14.6 Å². The molecule has 7 nitrogen and oxygen atoms in total. The number of amides is 1. The van der Waals surface area contributed by atoms with Gasteiger partial charge in [0.25, 0.3) is 0 Å². The molecule has 0 aliphatic heterocycles. The first-order valence-electron chi connectivity index (χ1n) is 9.26. The molecular weight excluding hydrogens is 352 g/mol. The predicted octanol–water partition coefficient (Wildman–Crippen LogP) is 3.30. The molecule has 2 aromatic carbocycles. The summed E-state index contributed by atoms with van der Waals surface area (Å²) in [6.07, 6.45) is 4.17. The molecule has 4 rings (SSSR count). The molecule has 28 heavy (non-hydrogen) atoms. The van der Waals surface area contributed by atoms with Crippen LogP contribution in [0.15, 0.2) is 61.2 Å². The van der Waals surface area contributed by atoms with E-state index < -0.39 is 0 Å². The van der Waals surface area contributed by atoms with E-state index in [1.54, 1.807) is 15.9 Å². The highest BCUT2D eigenvalue weighted by Gasteiger charge is 2.18. The van der Waals surface area contributed by atoms with Gasteiger partial charge in [0.1, 0.15) is 18.5 Å². The van der Waals surface area contributed by atoms with Crippen LogP contribution in [-0.2, 0) is 11.2 Å². The number of aromatic nitrogens is 5. The monoisotopic (exact) mass is 374 g/mol. The number of hydrogen-bond donors (Lipinski definition) is 1. The van der Waals surface area contributed by atoms with Gasteiger partial charge in [-0.1, -0.05) is 24.3 Å². The molecule has 7 heteroatoms. The third-order valence-corrected chi connectivity index (χ3v) is 5.05. The van der Waals surface area contributed by atoms with Gasteiger partial charge in [-0.3, -0.25) is 4.79 Å². The summed E-state index contributed by atoms with van der Waals surface area (Å²) in [5, 5.41) is 4.13. The Morgan fingerprint density at radius 2 is 1.96 bits per heavy atom. The normalized spacial score (nSPS) is 12.2. The van der Waals surface area contributed by atoms with Crippen molar-refractivity contribution in [3.8, 4) is 5.69 Å². The van der Waals surface area contributed by atoms with E-state index in [0.717, 1.165) is 28.1 Å². The number of fused-ring (bicyclic) bond motifs is 1. The van der Waals surface area contributed by atoms with Crippen molar-refractivity contribution >= 4 is 16.9 Å². The van der Waals surface area contributed by atoms with Gasteiger partial charge in [-0.2, -0.15) is 5.10 Å². The number of H-pyrrole nitrogens is 1. The Bertz CT molecular complexity index is 1030. The van der Waals surface area contributed by atoms with Crippen LogP contribution < -0.4 is 0 Å². The minimum absolute atomic E-state index is 0.0204. The van der Waals surface area contributed by atoms with Gasteiger partial charge in [0.05, 0.1) is 22.8 Å². The highest BCUT2D eigenvalue weighted by molar-refractivity contribution is 5.77. The lowest BCUT2D eigenvalue weighted by Gasteiger charge is -2.25. The van der Waals surface area contributed by atoms with Gasteiger partial charge < -0.3 is 9.88 Å². The van der Waals surface area contributed by atoms with Crippen LogP contribution in [0.2, 0.25) is 0 Å². The van der Waals surface area contributed by atoms with E-state index in [4.69, 9.17) is 0 Å². The SMILES string of the molecule is CC(c1ccc(-n2cncn2)cc1)N(C)C(=O)CCc1nc2ccccc2[nH]1. The Kier molecular flexibility index (Phi) is 4.89. The Balaban J connectivity index is 1.38. The van der Waals surface area contributed by atoms with Crippen LogP contribution in [0.4, 0.5) is 0 Å². The first kappa shape index (κ1) is 17.9. The second-order valence-corrected chi connectivity index (χ2v) is 6.81. The Hall–Kier alpha value is -3.48. The molecular formula is C21H22N6O. The lowest BCUT2D eigenvalue weighted by atomic mass is 10.1. The predicted molar refractivity (Wildman–Crippen MR) is 107 cm³/mol. The standard InChI is InChI=1S/C21H22N6O/c1-15(16-7-9-17(10-8-16)27-14-22-13-23-27)26(2)21(28)12-11-20-24-18-5-3-4-6-19(18)25-20/h3-10,13-15H,11-12H2,1-2H3,(H,24,25). The molecule has 4 aromatic rings. The number of benzene rings is 2. The van der Waals surface area contributed by atoms with Gasteiger partial charge in [0, 0.05) is 19.9 Å². The second kappa shape index (κ2) is 7.64. The van der Waals surface area contributed by atoms with E-state index in [1.165, 1.54) is 6.33 Å². The van der Waals surface area contributed by atoms with Crippen LogP contribution in [0.5, 0.6) is 0 Å². The van der Waals surface area contributed by atoms with Crippen molar-refractivity contribution < 1.29 is 4.79 Å². The van der Waals surface area contributed by atoms with E-state index in [1.807, 2.05) is 62.5 Å². The summed E-state index contributed by atoms with van der Waals surface area (Å²) >= 11 is 0. The van der Waals surface area contributed by atoms with Crippen molar-refractivity contribution in [3.05, 3.63) is 72.6 Å². The van der Waals surface area contributed by atoms with Gasteiger partial charge in [-0.15, -0.1) is 0 Å². The van der Waals surface area contributed by atoms with E-state index in [-0.39, 0.29) is 11.9 Å². The highest BCUT2D eigenvalue weighted by atomic mass is 16.2. The molecule has 0 saturated carbocycles. The number of carbonyl (C=O) groups excluding carboxylic acids is 1. The molecule has 0 aliphatic carbocycles. The zero-order chi connectivity index (χ0) is 19.5. The van der Waals surface area contributed by atoms with Crippen molar-refractivity contribution in [1.82, 2.24) is 29.6 Å². The highest BCUT2D eigenvalue weighted by Crippen LogP contribution is 2.21. The molecule has 0 aliphatic rings. The summed E-state index contributed by atoms with van der Waals surface area (Å²) in [7, 11) is 1.84. The van der Waals surface area contributed by atoms with Crippen LogP contribution in [0.3, 0.4) is 0 Å². The largest absolute Gasteiger partial charge is 0.342 e. The summed E-state index contributed by atoms with van der Waals surface area (Å²) in [5.74, 6) is 0.932. The topological polar surface area (TPSA) is 79.7 Å². The molecule has 0 spiro atoms. The van der Waals surface area contributed by atoms with Gasteiger partial charge in [0.15, 0.2) is 0 Å². The van der Waals surface area contributed by atoms with Crippen molar-refractivity contribution in [2.75, 3.05) is 7.05 Å². The number of aryl methyl sites for hydroxylation is 1. The summed E-state index contributed by atoms with van der Waals surface area (Å²) in [6.45, 7) is 2.03. The average molecular weight is 374 g/mol. The van der Waals surface area contributed by atoms with Crippen molar-refractivity contribution in [3.63, 3.8) is 0 Å². The molecule has 0 saturated heterocycles. The second-order valence-electron chi connectivity index (χ2n) is 6.81. The number of nitrogens with one attached hydrogen (secondary N) is 1. The fourth-order valence-electron chi connectivity index (χ4n) is 3.21. The minimum Gasteiger partial charge on any atom is -0.342 e. The van der Waals surface area contributed by atoms with Crippen molar-refractivity contribution in [2.24, 2.45) is 0 Å². The van der Waals surface area contributed by atoms with Crippen LogP contribution in [0.1, 0.15) is 30.8 Å². The number of aromatic amines is 1. The van der Waals surface area contributed by atoms with Crippen LogP contribution in [0.25, 0.3) is 16.7 Å². The summed E-state index contributed by atoms with van der Waals surface area (Å²) in [6, 6.07) is 15.9. The molecule has 142 valence electrons. The van der Waals surface area contributed by atoms with Crippen LogP contribution >= 0.6 is 0 Å². The first-order chi connectivity index (χ1) is 13.6. The Labute approximate surface area is 163 Å². The third kappa shape index (κ3) is 3.64. The van der Waals surface area contributed by atoms with Crippen molar-refractivity contribution in [1.29, 1.82) is 0 Å². The van der Waals surface area contributed by atoms with Crippen molar-refractivity contribution in [2.45, 2.75) is 25.8 Å². The third-order valence-electron chi connectivity index (χ3n) is 5.05. The quantitative estimate of drug-likeness (QED) is 0.562. The average Bonchev–Trinajstić information content (AvgIpc) is 3.40. The number of nitrogens with zero attached hydrogens (tertiary/aromatic N) is 5. The maximum atomic E-state index is 12.7. The van der Waals surface area contributed by atoms with Gasteiger partial charge >= 0.3 is 0 Å². The zero-order valence-electron chi connectivity index (χ0n) is 15.9. The van der Waals surface area contributed by atoms with E-state index in [0.29, 0.717) is 12.8 Å². The lowest BCUT2D eigenvalue weighted by molar-refractivity contribution is -0.131. The lowest BCUT2D eigenvalue weighted by Crippen LogP contribution is -2.29. The molecule has 1 N–H and O–H groups in total.